The highest BCUT2D eigenvalue weighted by Crippen LogP contribution is 2.37. The van der Waals surface area contributed by atoms with Crippen molar-refractivity contribution in [2.75, 3.05) is 10.5 Å². The number of benzene rings is 2. The Morgan fingerprint density at radius 1 is 1.25 bits per heavy atom. The van der Waals surface area contributed by atoms with Gasteiger partial charge < -0.3 is 14.7 Å². The summed E-state index contributed by atoms with van der Waals surface area (Å²) < 4.78 is 45.3. The van der Waals surface area contributed by atoms with Crippen molar-refractivity contribution in [3.8, 4) is 5.75 Å². The van der Waals surface area contributed by atoms with Gasteiger partial charge >= 0.3 is 5.97 Å². The summed E-state index contributed by atoms with van der Waals surface area (Å²) in [7, 11) is -6.18. The number of phenols is 1. The van der Waals surface area contributed by atoms with Gasteiger partial charge in [-0.2, -0.15) is 0 Å². The van der Waals surface area contributed by atoms with Crippen LogP contribution in [-0.2, 0) is 25.6 Å². The average molecular weight is 424 g/mol. The van der Waals surface area contributed by atoms with E-state index >= 15 is 0 Å². The van der Waals surface area contributed by atoms with Crippen LogP contribution in [0.4, 0.5) is 5.69 Å². The molecule has 9 nitrogen and oxygen atoms in total. The second kappa shape index (κ2) is 7.24. The number of nitrogens with zero attached hydrogens (tertiary/aromatic N) is 1. The van der Waals surface area contributed by atoms with Crippen molar-refractivity contribution in [3.63, 3.8) is 0 Å². The molecule has 3 rings (SSSR count). The monoisotopic (exact) mass is 424 g/mol. The van der Waals surface area contributed by atoms with Gasteiger partial charge in [-0.05, 0) is 19.9 Å². The Bertz CT molecular complexity index is 1200. The van der Waals surface area contributed by atoms with Gasteiger partial charge in [0, 0.05) is 10.8 Å². The Morgan fingerprint density at radius 2 is 1.89 bits per heavy atom. The molecule has 1 aromatic heterocycles. The maximum Gasteiger partial charge on any atom is 0.316 e. The number of aromatic hydroxyl groups is 1. The molecule has 0 saturated carbocycles. The summed E-state index contributed by atoms with van der Waals surface area (Å²) in [6, 6.07) is 7.51. The maximum absolute atomic E-state index is 12.8. The number of carboxylic acid groups (broad SMARTS) is 1. The summed E-state index contributed by atoms with van der Waals surface area (Å²) in [4.78, 5) is 10.6. The first-order chi connectivity index (χ1) is 13.1. The molecule has 0 saturated heterocycles. The van der Waals surface area contributed by atoms with Gasteiger partial charge in [0.1, 0.15) is 17.2 Å². The van der Waals surface area contributed by atoms with Crippen LogP contribution in [0.2, 0.25) is 0 Å². The fourth-order valence-electron chi connectivity index (χ4n) is 2.84. The smallest absolute Gasteiger partial charge is 0.316 e. The van der Waals surface area contributed by atoms with E-state index in [1.165, 1.54) is 26.0 Å². The van der Waals surface area contributed by atoms with Crippen LogP contribution in [0, 0.1) is 13.8 Å². The quantitative estimate of drug-likeness (QED) is 0.510. The minimum Gasteiger partial charge on any atom is -0.506 e. The lowest BCUT2D eigenvalue weighted by molar-refractivity contribution is -0.133. The van der Waals surface area contributed by atoms with Crippen LogP contribution in [0.5, 0.6) is 5.75 Å². The molecule has 0 radical (unpaired) electrons. The number of hydrogen-bond donors (Lipinski definition) is 3. The minimum atomic E-state index is -4.10. The van der Waals surface area contributed by atoms with E-state index in [0.29, 0.717) is 5.39 Å². The first-order valence-corrected chi connectivity index (χ1v) is 10.7. The standard InChI is InChI=1S/C17H16N2O7S2/c1-9-17(10(2)26-18-9)28(24,25)19-13-7-14(27(23)8-15(20)21)16(22)12-6-4-3-5-11(12)13/h3-7,19,22H,8H2,1-2H3,(H,20,21). The Morgan fingerprint density at radius 3 is 2.46 bits per heavy atom. The molecule has 0 bridgehead atoms. The van der Waals surface area contributed by atoms with E-state index < -0.39 is 32.5 Å². The largest absolute Gasteiger partial charge is 0.506 e. The summed E-state index contributed by atoms with van der Waals surface area (Å²) in [6.07, 6.45) is 0. The molecule has 148 valence electrons. The third-order valence-corrected chi connectivity index (χ3v) is 6.88. The van der Waals surface area contributed by atoms with Crippen LogP contribution in [0.15, 0.2) is 44.6 Å². The number of rotatable bonds is 6. The molecule has 0 spiro atoms. The van der Waals surface area contributed by atoms with Crippen LogP contribution in [0.25, 0.3) is 10.8 Å². The van der Waals surface area contributed by atoms with Gasteiger partial charge in [0.15, 0.2) is 10.7 Å². The van der Waals surface area contributed by atoms with Crippen LogP contribution < -0.4 is 4.72 Å². The number of sulfonamides is 1. The number of carbonyl (C=O) groups is 1. The first-order valence-electron chi connectivity index (χ1n) is 7.92. The van der Waals surface area contributed by atoms with Crippen molar-refractivity contribution in [1.29, 1.82) is 0 Å². The molecule has 3 aromatic rings. The van der Waals surface area contributed by atoms with Gasteiger partial charge in [-0.3, -0.25) is 13.7 Å². The number of aliphatic carboxylic acids is 1. The second-order valence-electron chi connectivity index (χ2n) is 5.96. The molecular formula is C17H16N2O7S2. The molecule has 1 atom stereocenters. The van der Waals surface area contributed by atoms with Gasteiger partial charge in [-0.15, -0.1) is 0 Å². The highest BCUT2D eigenvalue weighted by Gasteiger charge is 2.26. The molecule has 0 aliphatic carbocycles. The number of fused-ring (bicyclic) bond motifs is 1. The summed E-state index contributed by atoms with van der Waals surface area (Å²) in [5, 5.41) is 23.5. The van der Waals surface area contributed by atoms with Gasteiger partial charge in [0.05, 0.1) is 21.4 Å². The highest BCUT2D eigenvalue weighted by molar-refractivity contribution is 7.92. The molecule has 11 heteroatoms. The summed E-state index contributed by atoms with van der Waals surface area (Å²) in [5.74, 6) is -2.32. The average Bonchev–Trinajstić information content (AvgIpc) is 2.96. The van der Waals surface area contributed by atoms with Gasteiger partial charge in [-0.1, -0.05) is 29.4 Å². The van der Waals surface area contributed by atoms with Crippen molar-refractivity contribution < 1.29 is 32.2 Å². The van der Waals surface area contributed by atoms with Crippen LogP contribution >= 0.6 is 0 Å². The fraction of sp³-hybridized carbons (Fsp3) is 0.176. The number of aromatic nitrogens is 1. The zero-order valence-corrected chi connectivity index (χ0v) is 16.4. The zero-order chi connectivity index (χ0) is 20.6. The fourth-order valence-corrected chi connectivity index (χ4v) is 5.19. The number of carboxylic acids is 1. The van der Waals surface area contributed by atoms with E-state index in [4.69, 9.17) is 9.63 Å². The number of aryl methyl sites for hydroxylation is 2. The topological polar surface area (TPSA) is 147 Å². The molecule has 0 aliphatic heterocycles. The number of phenolic OH excluding ortho intramolecular Hbond substituents is 1. The van der Waals surface area contributed by atoms with E-state index in [2.05, 4.69) is 9.88 Å². The molecule has 2 aromatic carbocycles. The van der Waals surface area contributed by atoms with E-state index in [1.54, 1.807) is 18.2 Å². The van der Waals surface area contributed by atoms with E-state index in [0.717, 1.165) is 0 Å². The molecule has 3 N–H and O–H groups in total. The SMILES string of the molecule is Cc1noc(C)c1S(=O)(=O)Nc1cc(S(=O)CC(=O)O)c(O)c2ccccc12. The van der Waals surface area contributed by atoms with E-state index in [-0.39, 0.29) is 38.1 Å². The lowest BCUT2D eigenvalue weighted by Gasteiger charge is -2.14. The Balaban J connectivity index is 2.19. The normalized spacial score (nSPS) is 12.8. The van der Waals surface area contributed by atoms with Gasteiger partial charge in [0.2, 0.25) is 0 Å². The Hall–Kier alpha value is -2.92. The lowest BCUT2D eigenvalue weighted by atomic mass is 10.1. The van der Waals surface area contributed by atoms with Crippen molar-refractivity contribution in [2.24, 2.45) is 0 Å². The molecule has 28 heavy (non-hydrogen) atoms. The molecule has 0 aliphatic rings. The van der Waals surface area contributed by atoms with Crippen molar-refractivity contribution in [3.05, 3.63) is 41.8 Å². The first kappa shape index (κ1) is 19.8. The van der Waals surface area contributed by atoms with E-state index in [1.807, 2.05) is 0 Å². The van der Waals surface area contributed by atoms with Crippen molar-refractivity contribution in [1.82, 2.24) is 5.16 Å². The molecule has 1 heterocycles. The third kappa shape index (κ3) is 3.58. The summed E-state index contributed by atoms with van der Waals surface area (Å²) >= 11 is 0. The maximum atomic E-state index is 12.8. The van der Waals surface area contributed by atoms with Crippen molar-refractivity contribution >= 4 is 43.3 Å². The number of anilines is 1. The van der Waals surface area contributed by atoms with E-state index in [9.17, 15) is 22.5 Å². The van der Waals surface area contributed by atoms with Gasteiger partial charge in [-0.25, -0.2) is 8.42 Å². The Labute approximate surface area is 162 Å². The third-order valence-electron chi connectivity index (χ3n) is 3.96. The van der Waals surface area contributed by atoms with Crippen molar-refractivity contribution in [2.45, 2.75) is 23.6 Å². The van der Waals surface area contributed by atoms with Crippen LogP contribution in [0.3, 0.4) is 0 Å². The predicted molar refractivity (Wildman–Crippen MR) is 101 cm³/mol. The molecule has 0 fully saturated rings. The highest BCUT2D eigenvalue weighted by atomic mass is 32.2. The van der Waals surface area contributed by atoms with Gasteiger partial charge in [0.25, 0.3) is 10.0 Å². The summed E-state index contributed by atoms with van der Waals surface area (Å²) in [6.45, 7) is 2.93. The molecule has 1 unspecified atom stereocenters. The number of nitrogens with one attached hydrogen (secondary N) is 1. The molecule has 0 amide bonds. The number of hydrogen-bond acceptors (Lipinski definition) is 7. The predicted octanol–water partition coefficient (Wildman–Crippen LogP) is 2.14. The summed E-state index contributed by atoms with van der Waals surface area (Å²) in [5.41, 5.74) is 0.213. The van der Waals surface area contributed by atoms with Crippen LogP contribution in [0.1, 0.15) is 11.5 Å². The second-order valence-corrected chi connectivity index (χ2v) is 9.00. The minimum absolute atomic E-state index is 0.0436. The molecular weight excluding hydrogens is 408 g/mol. The Kier molecular flexibility index (Phi) is 5.13. The lowest BCUT2D eigenvalue weighted by Crippen LogP contribution is -2.15. The zero-order valence-electron chi connectivity index (χ0n) is 14.8. The van der Waals surface area contributed by atoms with Crippen LogP contribution in [-0.4, -0.2) is 39.7 Å².